The summed E-state index contributed by atoms with van der Waals surface area (Å²) in [7, 11) is 3.44. The van der Waals surface area contributed by atoms with Crippen molar-refractivity contribution in [3.63, 3.8) is 0 Å². The molecule has 1 amide bonds. The van der Waals surface area contributed by atoms with Crippen LogP contribution in [-0.2, 0) is 6.54 Å². The van der Waals surface area contributed by atoms with Crippen LogP contribution in [0.4, 0.5) is 16.0 Å². The first-order valence-electron chi connectivity index (χ1n) is 13.8. The van der Waals surface area contributed by atoms with E-state index >= 15 is 4.39 Å². The first kappa shape index (κ1) is 27.8. The molecule has 214 valence electrons. The van der Waals surface area contributed by atoms with E-state index in [-0.39, 0.29) is 18.0 Å². The summed E-state index contributed by atoms with van der Waals surface area (Å²) in [6.45, 7) is 1.72. The second kappa shape index (κ2) is 11.9. The molecule has 10 heteroatoms. The van der Waals surface area contributed by atoms with Crippen LogP contribution in [0.15, 0.2) is 71.9 Å². The van der Waals surface area contributed by atoms with Gasteiger partial charge in [0.2, 0.25) is 5.95 Å². The van der Waals surface area contributed by atoms with E-state index in [9.17, 15) is 4.79 Å². The molecule has 3 aromatic carbocycles. The lowest BCUT2D eigenvalue weighted by molar-refractivity contribution is 0.0698. The molecule has 0 saturated carbocycles. The molecule has 2 aliphatic rings. The number of benzene rings is 3. The predicted octanol–water partition coefficient (Wildman–Crippen LogP) is 5.86. The van der Waals surface area contributed by atoms with Crippen LogP contribution in [0.2, 0.25) is 5.02 Å². The number of nitrogens with zero attached hydrogens (tertiary/aromatic N) is 4. The largest absolute Gasteiger partial charge is 0.496 e. The van der Waals surface area contributed by atoms with Crippen LogP contribution in [0.3, 0.4) is 0 Å². The number of hydrogen-bond acceptors (Lipinski definition) is 7. The zero-order valence-electron chi connectivity index (χ0n) is 23.3. The quantitative estimate of drug-likeness (QED) is 0.295. The van der Waals surface area contributed by atoms with Crippen molar-refractivity contribution in [3.8, 4) is 17.0 Å². The molecule has 3 heterocycles. The zero-order chi connectivity index (χ0) is 29.2. The highest BCUT2D eigenvalue weighted by molar-refractivity contribution is 6.31. The fourth-order valence-corrected chi connectivity index (χ4v) is 5.68. The Morgan fingerprint density at radius 2 is 1.95 bits per heavy atom. The van der Waals surface area contributed by atoms with Gasteiger partial charge in [-0.25, -0.2) is 14.4 Å². The molecule has 1 atom stereocenters. The van der Waals surface area contributed by atoms with E-state index in [0.29, 0.717) is 51.8 Å². The maximum Gasteiger partial charge on any atom is 0.253 e. The smallest absolute Gasteiger partial charge is 0.253 e. The van der Waals surface area contributed by atoms with Crippen LogP contribution in [0.25, 0.3) is 11.3 Å². The van der Waals surface area contributed by atoms with Crippen molar-refractivity contribution in [1.29, 1.82) is 0 Å². The van der Waals surface area contributed by atoms with Gasteiger partial charge in [-0.1, -0.05) is 23.7 Å². The van der Waals surface area contributed by atoms with Crippen LogP contribution in [0.5, 0.6) is 5.75 Å². The number of nitrogens with one attached hydrogen (secondary N) is 2. The summed E-state index contributed by atoms with van der Waals surface area (Å²) in [6, 6.07) is 17.7. The monoisotopic (exact) mass is 584 g/mol. The molecule has 0 radical (unpaired) electrons. The first-order chi connectivity index (χ1) is 20.4. The number of likely N-dealkylation sites (N-methyl/N-ethyl adjacent to an activating group) is 1. The van der Waals surface area contributed by atoms with Gasteiger partial charge in [-0.05, 0) is 68.4 Å². The number of ether oxygens (including phenoxy) is 1. The highest BCUT2D eigenvalue weighted by Crippen LogP contribution is 2.36. The molecule has 0 bridgehead atoms. The fraction of sp³-hybridized carbons (Fsp3) is 0.250. The van der Waals surface area contributed by atoms with Gasteiger partial charge < -0.3 is 20.3 Å². The second-order valence-corrected chi connectivity index (χ2v) is 10.8. The molecule has 6 rings (SSSR count). The Morgan fingerprint density at radius 1 is 1.12 bits per heavy atom. The first-order valence-corrected chi connectivity index (χ1v) is 14.2. The number of likely N-dealkylation sites (tertiary alicyclic amines) is 1. The summed E-state index contributed by atoms with van der Waals surface area (Å²) < 4.78 is 20.6. The molecule has 2 N–H and O–H groups in total. The van der Waals surface area contributed by atoms with Gasteiger partial charge in [-0.15, -0.1) is 0 Å². The van der Waals surface area contributed by atoms with Gasteiger partial charge in [-0.2, -0.15) is 0 Å². The molecule has 0 spiro atoms. The summed E-state index contributed by atoms with van der Waals surface area (Å²) in [5.74, 6) is 0.347. The second-order valence-electron chi connectivity index (χ2n) is 10.3. The molecular formula is C32H30ClFN6O2. The molecule has 4 aromatic rings. The third-order valence-corrected chi connectivity index (χ3v) is 7.94. The average molecular weight is 585 g/mol. The number of piperidine rings is 1. The van der Waals surface area contributed by atoms with Crippen molar-refractivity contribution in [2.45, 2.75) is 25.4 Å². The Morgan fingerprint density at radius 3 is 2.74 bits per heavy atom. The average Bonchev–Trinajstić information content (AvgIpc) is 3.17. The number of amides is 1. The molecule has 42 heavy (non-hydrogen) atoms. The summed E-state index contributed by atoms with van der Waals surface area (Å²) in [5.41, 5.74) is 4.95. The van der Waals surface area contributed by atoms with E-state index in [0.717, 1.165) is 36.2 Å². The standard InChI is InChI=1S/C32H30ClFN6O2/c1-35-23-5-4-14-40(18-23)31(41)19-8-11-22(12-9-19)38-32-37-17-20-16-36-30(28-26(34)6-3-7-27(28)42-2)25-15-21(33)10-13-24(25)29(20)39-32/h3,6-13,15,17,23,35H,4-5,14,16,18H2,1-2H3,(H,37,38,39)/t23-/m0/s1. The van der Waals surface area contributed by atoms with Crippen molar-refractivity contribution >= 4 is 34.9 Å². The van der Waals surface area contributed by atoms with Crippen molar-refractivity contribution in [3.05, 3.63) is 100.0 Å². The van der Waals surface area contributed by atoms with Crippen molar-refractivity contribution in [1.82, 2.24) is 20.2 Å². The van der Waals surface area contributed by atoms with Crippen LogP contribution >= 0.6 is 11.6 Å². The van der Waals surface area contributed by atoms with Crippen LogP contribution < -0.4 is 15.4 Å². The lowest BCUT2D eigenvalue weighted by Crippen LogP contribution is -2.46. The molecule has 1 saturated heterocycles. The molecular weight excluding hydrogens is 555 g/mol. The normalized spacial score (nSPS) is 16.1. The molecule has 0 unspecified atom stereocenters. The van der Waals surface area contributed by atoms with Gasteiger partial charge in [0.1, 0.15) is 11.6 Å². The van der Waals surface area contributed by atoms with Crippen molar-refractivity contribution in [2.75, 3.05) is 32.6 Å². The third-order valence-electron chi connectivity index (χ3n) is 7.70. The summed E-state index contributed by atoms with van der Waals surface area (Å²) in [6.07, 6.45) is 3.79. The Bertz CT molecular complexity index is 1680. The Balaban J connectivity index is 1.29. The fourth-order valence-electron chi connectivity index (χ4n) is 5.51. The zero-order valence-corrected chi connectivity index (χ0v) is 24.1. The maximum atomic E-state index is 15.1. The predicted molar refractivity (Wildman–Crippen MR) is 162 cm³/mol. The molecule has 1 fully saturated rings. The van der Waals surface area contributed by atoms with E-state index in [1.165, 1.54) is 13.2 Å². The van der Waals surface area contributed by atoms with Crippen LogP contribution in [0, 0.1) is 5.82 Å². The van der Waals surface area contributed by atoms with Crippen LogP contribution in [-0.4, -0.2) is 59.8 Å². The lowest BCUT2D eigenvalue weighted by Gasteiger charge is -2.32. The molecule has 1 aromatic heterocycles. The van der Waals surface area contributed by atoms with Gasteiger partial charge in [0.05, 0.1) is 30.6 Å². The van der Waals surface area contributed by atoms with Crippen molar-refractivity contribution < 1.29 is 13.9 Å². The minimum atomic E-state index is -0.442. The highest BCUT2D eigenvalue weighted by Gasteiger charge is 2.26. The van der Waals surface area contributed by atoms with Gasteiger partial charge in [0, 0.05) is 58.3 Å². The Labute approximate surface area is 248 Å². The van der Waals surface area contributed by atoms with Crippen LogP contribution in [0.1, 0.15) is 39.9 Å². The SMILES string of the molecule is CN[C@H]1CCCN(C(=O)c2ccc(Nc3ncc4c(n3)-c3ccc(Cl)cc3C(c3c(F)cccc3OC)=NC4)cc2)C1. The van der Waals surface area contributed by atoms with E-state index in [1.54, 1.807) is 30.5 Å². The number of hydrogen-bond donors (Lipinski definition) is 2. The van der Waals surface area contributed by atoms with E-state index in [4.69, 9.17) is 26.3 Å². The number of halogens is 2. The van der Waals surface area contributed by atoms with Crippen molar-refractivity contribution in [2.24, 2.45) is 4.99 Å². The number of aliphatic imine (C=N–C) groups is 1. The number of fused-ring (bicyclic) bond motifs is 3. The summed E-state index contributed by atoms with van der Waals surface area (Å²) >= 11 is 6.41. The van der Waals surface area contributed by atoms with E-state index in [2.05, 4.69) is 15.6 Å². The third kappa shape index (κ3) is 5.45. The number of rotatable bonds is 6. The van der Waals surface area contributed by atoms with E-state index < -0.39 is 5.82 Å². The minimum Gasteiger partial charge on any atom is -0.496 e. The molecule has 2 aliphatic heterocycles. The van der Waals surface area contributed by atoms with Gasteiger partial charge in [0.25, 0.3) is 5.91 Å². The Hall–Kier alpha value is -4.34. The number of carbonyl (C=O) groups excluding carboxylic acids is 1. The van der Waals surface area contributed by atoms with Gasteiger partial charge in [-0.3, -0.25) is 9.79 Å². The number of aromatic nitrogens is 2. The Kier molecular flexibility index (Phi) is 7.86. The number of carbonyl (C=O) groups is 1. The number of methoxy groups -OCH3 is 1. The highest BCUT2D eigenvalue weighted by atomic mass is 35.5. The maximum absolute atomic E-state index is 15.1. The minimum absolute atomic E-state index is 0.0281. The summed E-state index contributed by atoms with van der Waals surface area (Å²) in [5, 5.41) is 7.02. The topological polar surface area (TPSA) is 91.7 Å². The summed E-state index contributed by atoms with van der Waals surface area (Å²) in [4.78, 5) is 29.1. The molecule has 0 aliphatic carbocycles. The molecule has 8 nitrogen and oxygen atoms in total. The number of anilines is 2. The lowest BCUT2D eigenvalue weighted by atomic mass is 9.94. The van der Waals surface area contributed by atoms with Gasteiger partial charge >= 0.3 is 0 Å². The van der Waals surface area contributed by atoms with E-state index in [1.807, 2.05) is 42.3 Å². The van der Waals surface area contributed by atoms with Gasteiger partial charge in [0.15, 0.2) is 0 Å².